The van der Waals surface area contributed by atoms with Crippen LogP contribution in [0.1, 0.15) is 61.1 Å². The van der Waals surface area contributed by atoms with Crippen molar-refractivity contribution in [1.29, 1.82) is 0 Å². The molecule has 0 unspecified atom stereocenters. The van der Waals surface area contributed by atoms with E-state index >= 15 is 0 Å². The van der Waals surface area contributed by atoms with Crippen molar-refractivity contribution in [3.63, 3.8) is 0 Å². The van der Waals surface area contributed by atoms with Gasteiger partial charge in [-0.25, -0.2) is 9.13 Å². The van der Waals surface area contributed by atoms with Crippen molar-refractivity contribution >= 4 is 56.3 Å². The number of aryl methyl sites for hydroxylation is 4. The summed E-state index contributed by atoms with van der Waals surface area (Å²) in [5.41, 5.74) is 12.2. The van der Waals surface area contributed by atoms with E-state index in [-0.39, 0.29) is 47.2 Å². The van der Waals surface area contributed by atoms with Gasteiger partial charge in [-0.1, -0.05) is 45.9 Å². The van der Waals surface area contributed by atoms with E-state index in [0.29, 0.717) is 13.1 Å². The molecule has 10 heteroatoms. The van der Waals surface area contributed by atoms with Gasteiger partial charge in [0.1, 0.15) is 0 Å². The largest absolute Gasteiger partial charge is 1.00 e. The van der Waals surface area contributed by atoms with Crippen molar-refractivity contribution in [2.45, 2.75) is 54.6 Å². The van der Waals surface area contributed by atoms with E-state index in [1.165, 1.54) is 44.5 Å². The van der Waals surface area contributed by atoms with Crippen molar-refractivity contribution < 1.29 is 53.3 Å². The highest BCUT2D eigenvalue weighted by Crippen LogP contribution is 2.25. The molecule has 4 rings (SSSR count). The molecule has 0 aliphatic rings. The number of anilines is 2. The summed E-state index contributed by atoms with van der Waals surface area (Å²) in [6.45, 7) is 18.3. The zero-order chi connectivity index (χ0) is 35.9. The number of allylic oxidation sites excluding steroid dienone is 2. The number of rotatable bonds is 19. The van der Waals surface area contributed by atoms with E-state index in [4.69, 9.17) is 0 Å². The highest BCUT2D eigenvalue weighted by Gasteiger charge is 2.10. The molecule has 2 N–H and O–H groups in total. The standard InChI is InChI=1S/C42H56N4O2S2.2BrH/c1-7-45(21-25-47)41-11-9-39(35(5)31-41)29-33(3)37-13-17-43(18-14-37)23-27-49-50-28-24-44-19-15-38(16-20-44)34(4)30-40-10-12-42(32-36(40)6)46(8-2)22-26-48;;/h9-20,29-32,47-48H,7-8,21-28H2,1-6H3;2*1H/q+2;;/p-2. The number of halogens is 2. The van der Waals surface area contributed by atoms with Crippen molar-refractivity contribution in [3.05, 3.63) is 119 Å². The van der Waals surface area contributed by atoms with Crippen LogP contribution in [0.4, 0.5) is 11.4 Å². The van der Waals surface area contributed by atoms with Gasteiger partial charge in [-0.3, -0.25) is 0 Å². The van der Waals surface area contributed by atoms with Crippen LogP contribution in [0.25, 0.3) is 23.3 Å². The Labute approximate surface area is 341 Å². The Morgan fingerprint density at radius 3 is 1.29 bits per heavy atom. The normalized spacial score (nSPS) is 11.5. The van der Waals surface area contributed by atoms with Crippen molar-refractivity contribution in [1.82, 2.24) is 0 Å². The Morgan fingerprint density at radius 1 is 0.615 bits per heavy atom. The molecule has 0 amide bonds. The second-order valence-corrected chi connectivity index (χ2v) is 15.3. The number of likely N-dealkylation sites (N-methyl/N-ethyl adjacent to an activating group) is 2. The van der Waals surface area contributed by atoms with Crippen LogP contribution in [-0.4, -0.2) is 61.1 Å². The average molecular weight is 873 g/mol. The van der Waals surface area contributed by atoms with Crippen LogP contribution in [-0.2, 0) is 13.1 Å². The van der Waals surface area contributed by atoms with Gasteiger partial charge in [-0.05, 0) is 110 Å². The van der Waals surface area contributed by atoms with E-state index in [0.717, 1.165) is 49.1 Å². The minimum Gasteiger partial charge on any atom is -1.00 e. The molecule has 4 aromatic rings. The van der Waals surface area contributed by atoms with Gasteiger partial charge in [0.15, 0.2) is 37.9 Å². The molecule has 0 fully saturated rings. The van der Waals surface area contributed by atoms with Crippen LogP contribution >= 0.6 is 21.6 Å². The molecule has 52 heavy (non-hydrogen) atoms. The lowest BCUT2D eigenvalue weighted by Crippen LogP contribution is -3.00. The number of hydrogen-bond acceptors (Lipinski definition) is 6. The molecule has 6 nitrogen and oxygen atoms in total. The molecule has 0 radical (unpaired) electrons. The number of aliphatic hydroxyl groups excluding tert-OH is 2. The first kappa shape index (κ1) is 45.6. The third kappa shape index (κ3) is 13.7. The first-order valence-corrected chi connectivity index (χ1v) is 20.3. The molecule has 0 bridgehead atoms. The minimum absolute atomic E-state index is 0. The lowest BCUT2D eigenvalue weighted by atomic mass is 10.0. The molecule has 0 saturated heterocycles. The van der Waals surface area contributed by atoms with Crippen molar-refractivity contribution in [2.75, 3.05) is 60.7 Å². The summed E-state index contributed by atoms with van der Waals surface area (Å²) >= 11 is 0. The van der Waals surface area contributed by atoms with Gasteiger partial charge in [0.2, 0.25) is 0 Å². The summed E-state index contributed by atoms with van der Waals surface area (Å²) in [6, 6.07) is 21.9. The number of nitrogens with zero attached hydrogens (tertiary/aromatic N) is 4. The van der Waals surface area contributed by atoms with E-state index in [1.807, 2.05) is 21.6 Å². The monoisotopic (exact) mass is 870 g/mol. The van der Waals surface area contributed by atoms with Crippen LogP contribution in [0, 0.1) is 13.8 Å². The maximum atomic E-state index is 9.36. The lowest BCUT2D eigenvalue weighted by molar-refractivity contribution is -0.692. The highest BCUT2D eigenvalue weighted by atomic mass is 79.9. The van der Waals surface area contributed by atoms with Gasteiger partial charge >= 0.3 is 0 Å². The van der Waals surface area contributed by atoms with Crippen LogP contribution in [0.3, 0.4) is 0 Å². The molecule has 2 aromatic heterocycles. The van der Waals surface area contributed by atoms with Crippen molar-refractivity contribution in [2.24, 2.45) is 0 Å². The molecule has 0 aliphatic carbocycles. The number of aliphatic hydroxyl groups is 2. The topological polar surface area (TPSA) is 54.7 Å². The number of hydrogen-bond donors (Lipinski definition) is 2. The second-order valence-electron chi connectivity index (χ2n) is 12.6. The summed E-state index contributed by atoms with van der Waals surface area (Å²) < 4.78 is 4.53. The SMILES string of the molecule is CCN(CCO)c1ccc(/C=C(\C)c2cc[n+](CCSSCC[n+]3ccc(/C(C)=C/c4ccc(N(CC)CCO)cc4C)cc3)cc2)c(C)c1.[Br-].[Br-]. The summed E-state index contributed by atoms with van der Waals surface area (Å²) in [7, 11) is 3.87. The van der Waals surface area contributed by atoms with E-state index in [9.17, 15) is 10.2 Å². The van der Waals surface area contributed by atoms with E-state index < -0.39 is 0 Å². The van der Waals surface area contributed by atoms with Crippen LogP contribution in [0.2, 0.25) is 0 Å². The Balaban J connectivity index is 0.00000468. The Kier molecular flexibility index (Phi) is 21.0. The second kappa shape index (κ2) is 23.9. The zero-order valence-electron chi connectivity index (χ0n) is 31.6. The molecule has 0 aliphatic heterocycles. The smallest absolute Gasteiger partial charge is 0.169 e. The predicted molar refractivity (Wildman–Crippen MR) is 218 cm³/mol. The summed E-state index contributed by atoms with van der Waals surface area (Å²) in [6.07, 6.45) is 13.3. The average Bonchev–Trinajstić information content (AvgIpc) is 3.13. The van der Waals surface area contributed by atoms with Crippen LogP contribution < -0.4 is 52.9 Å². The molecule has 0 saturated carbocycles. The minimum atomic E-state index is 0. The fourth-order valence-electron chi connectivity index (χ4n) is 5.99. The first-order valence-electron chi connectivity index (χ1n) is 17.8. The quantitative estimate of drug-likeness (QED) is 0.0853. The lowest BCUT2D eigenvalue weighted by Gasteiger charge is -2.22. The molecule has 2 aromatic carbocycles. The summed E-state index contributed by atoms with van der Waals surface area (Å²) in [5, 5.41) is 18.7. The number of benzene rings is 2. The fourth-order valence-corrected chi connectivity index (χ4v) is 7.95. The molecule has 2 heterocycles. The molecular formula is C42H56Br2N4O2S2. The van der Waals surface area contributed by atoms with E-state index in [2.05, 4.69) is 158 Å². The molecule has 0 atom stereocenters. The van der Waals surface area contributed by atoms with Gasteiger partial charge in [-0.2, -0.15) is 0 Å². The van der Waals surface area contributed by atoms with Gasteiger partial charge < -0.3 is 54.0 Å². The number of aromatic nitrogens is 2. The molecule has 282 valence electrons. The van der Waals surface area contributed by atoms with Gasteiger partial charge in [0.05, 0.1) is 24.7 Å². The summed E-state index contributed by atoms with van der Waals surface area (Å²) in [5.74, 6) is 2.12. The van der Waals surface area contributed by atoms with Gasteiger partial charge in [0.25, 0.3) is 0 Å². The summed E-state index contributed by atoms with van der Waals surface area (Å²) in [4.78, 5) is 4.39. The maximum Gasteiger partial charge on any atom is 0.169 e. The fraction of sp³-hybridized carbons (Fsp3) is 0.381. The molecule has 0 spiro atoms. The molecular weight excluding hydrogens is 816 g/mol. The first-order chi connectivity index (χ1) is 24.3. The Hall–Kier alpha value is -2.60. The maximum absolute atomic E-state index is 9.36. The predicted octanol–water partition coefficient (Wildman–Crippen LogP) is 1.73. The number of pyridine rings is 2. The van der Waals surface area contributed by atoms with Crippen molar-refractivity contribution in [3.8, 4) is 0 Å². The van der Waals surface area contributed by atoms with Crippen LogP contribution in [0.15, 0.2) is 85.5 Å². The third-order valence-corrected chi connectivity index (χ3v) is 11.5. The van der Waals surface area contributed by atoms with E-state index in [1.54, 1.807) is 0 Å². The van der Waals surface area contributed by atoms with Crippen LogP contribution in [0.5, 0.6) is 0 Å². The Bertz CT molecular complexity index is 1590. The Morgan fingerprint density at radius 2 is 0.981 bits per heavy atom. The van der Waals surface area contributed by atoms with Gasteiger partial charge in [-0.15, -0.1) is 0 Å². The zero-order valence-corrected chi connectivity index (χ0v) is 36.4. The highest BCUT2D eigenvalue weighted by molar-refractivity contribution is 8.76. The van der Waals surface area contributed by atoms with Gasteiger partial charge in [0, 0.05) is 61.8 Å². The third-order valence-electron chi connectivity index (χ3n) is 9.13.